The van der Waals surface area contributed by atoms with Crippen LogP contribution in [0.1, 0.15) is 40.5 Å². The van der Waals surface area contributed by atoms with E-state index in [0.29, 0.717) is 11.8 Å². The Hall–Kier alpha value is -0.560. The van der Waals surface area contributed by atoms with Crippen LogP contribution in [-0.4, -0.2) is 25.5 Å². The Morgan fingerprint density at radius 1 is 1.12 bits per heavy atom. The van der Waals surface area contributed by atoms with Gasteiger partial charge in [-0.15, -0.1) is 0 Å². The molecule has 1 heteroatoms. The summed E-state index contributed by atoms with van der Waals surface area (Å²) in [6, 6.07) is 0. The Morgan fingerprint density at radius 2 is 1.75 bits per heavy atom. The SMILES string of the molecule is CC(C)C1=CC(C(C)C)=C(CCN(C)C)C1. The molecule has 0 fully saturated rings. The van der Waals surface area contributed by atoms with Gasteiger partial charge >= 0.3 is 0 Å². The zero-order valence-electron chi connectivity index (χ0n) is 11.8. The van der Waals surface area contributed by atoms with E-state index in [9.17, 15) is 0 Å². The summed E-state index contributed by atoms with van der Waals surface area (Å²) in [5.74, 6) is 1.37. The highest BCUT2D eigenvalue weighted by Gasteiger charge is 2.19. The van der Waals surface area contributed by atoms with Gasteiger partial charge < -0.3 is 4.90 Å². The Kier molecular flexibility index (Phi) is 4.79. The van der Waals surface area contributed by atoms with Gasteiger partial charge in [0.05, 0.1) is 0 Å². The molecule has 0 radical (unpaired) electrons. The van der Waals surface area contributed by atoms with Gasteiger partial charge in [-0.2, -0.15) is 0 Å². The molecule has 92 valence electrons. The van der Waals surface area contributed by atoms with Crippen LogP contribution in [0.3, 0.4) is 0 Å². The van der Waals surface area contributed by atoms with Gasteiger partial charge in [0.2, 0.25) is 0 Å². The van der Waals surface area contributed by atoms with Crippen LogP contribution >= 0.6 is 0 Å². The quantitative estimate of drug-likeness (QED) is 0.681. The van der Waals surface area contributed by atoms with Crippen molar-refractivity contribution in [3.05, 3.63) is 22.8 Å². The Labute approximate surface area is 101 Å². The zero-order chi connectivity index (χ0) is 12.3. The van der Waals surface area contributed by atoms with Crippen molar-refractivity contribution >= 4 is 0 Å². The van der Waals surface area contributed by atoms with E-state index in [4.69, 9.17) is 0 Å². The van der Waals surface area contributed by atoms with Crippen LogP contribution in [0.5, 0.6) is 0 Å². The van der Waals surface area contributed by atoms with Crippen LogP contribution in [0.2, 0.25) is 0 Å². The van der Waals surface area contributed by atoms with E-state index in [-0.39, 0.29) is 0 Å². The van der Waals surface area contributed by atoms with E-state index < -0.39 is 0 Å². The van der Waals surface area contributed by atoms with Crippen molar-refractivity contribution < 1.29 is 0 Å². The van der Waals surface area contributed by atoms with Crippen molar-refractivity contribution in [2.24, 2.45) is 11.8 Å². The minimum Gasteiger partial charge on any atom is -0.309 e. The van der Waals surface area contributed by atoms with Crippen molar-refractivity contribution in [3.8, 4) is 0 Å². The third kappa shape index (κ3) is 3.48. The molecule has 16 heavy (non-hydrogen) atoms. The monoisotopic (exact) mass is 221 g/mol. The highest BCUT2D eigenvalue weighted by Crippen LogP contribution is 2.35. The minimum atomic E-state index is 0.674. The maximum atomic E-state index is 2.46. The summed E-state index contributed by atoms with van der Waals surface area (Å²) in [4.78, 5) is 2.28. The third-order valence-electron chi connectivity index (χ3n) is 3.39. The first-order chi connectivity index (χ1) is 7.41. The second-order valence-corrected chi connectivity index (χ2v) is 5.82. The molecule has 0 bridgehead atoms. The number of allylic oxidation sites excluding steroid dienone is 3. The second-order valence-electron chi connectivity index (χ2n) is 5.82. The maximum Gasteiger partial charge on any atom is 0.00128 e. The third-order valence-corrected chi connectivity index (χ3v) is 3.39. The maximum absolute atomic E-state index is 2.46. The van der Waals surface area contributed by atoms with Crippen molar-refractivity contribution in [1.82, 2.24) is 4.90 Å². The van der Waals surface area contributed by atoms with Gasteiger partial charge in [0.1, 0.15) is 0 Å². The van der Waals surface area contributed by atoms with Crippen molar-refractivity contribution in [2.75, 3.05) is 20.6 Å². The Balaban J connectivity index is 2.72. The van der Waals surface area contributed by atoms with Crippen LogP contribution in [0.4, 0.5) is 0 Å². The highest BCUT2D eigenvalue weighted by molar-refractivity contribution is 5.41. The van der Waals surface area contributed by atoms with Gasteiger partial charge in [-0.05, 0) is 44.3 Å². The molecule has 1 rings (SSSR count). The Bertz CT molecular complexity index is 293. The Morgan fingerprint density at radius 3 is 2.19 bits per heavy atom. The summed E-state index contributed by atoms with van der Waals surface area (Å²) >= 11 is 0. The average Bonchev–Trinajstić information content (AvgIpc) is 2.58. The first kappa shape index (κ1) is 13.5. The molecular formula is C15H27N. The summed E-state index contributed by atoms with van der Waals surface area (Å²) in [6.07, 6.45) is 4.91. The van der Waals surface area contributed by atoms with Crippen molar-refractivity contribution in [1.29, 1.82) is 0 Å². The molecule has 1 nitrogen and oxygen atoms in total. The van der Waals surface area contributed by atoms with Crippen LogP contribution < -0.4 is 0 Å². The second kappa shape index (κ2) is 5.67. The smallest absolute Gasteiger partial charge is 0.00128 e. The molecule has 0 aromatic heterocycles. The lowest BCUT2D eigenvalue weighted by molar-refractivity contribution is 0.411. The van der Waals surface area contributed by atoms with E-state index in [0.717, 1.165) is 0 Å². The molecule has 0 N–H and O–H groups in total. The van der Waals surface area contributed by atoms with Crippen LogP contribution in [0.25, 0.3) is 0 Å². The standard InChI is InChI=1S/C15H27N/c1-11(2)14-9-13(7-8-16(5)6)15(10-14)12(3)4/h10-12H,7-9H2,1-6H3. The molecule has 0 heterocycles. The first-order valence-corrected chi connectivity index (χ1v) is 6.49. The summed E-state index contributed by atoms with van der Waals surface area (Å²) < 4.78 is 0. The van der Waals surface area contributed by atoms with Crippen molar-refractivity contribution in [2.45, 2.75) is 40.5 Å². The fourth-order valence-corrected chi connectivity index (χ4v) is 2.24. The molecular weight excluding hydrogens is 194 g/mol. The molecule has 0 aromatic carbocycles. The number of nitrogens with zero attached hydrogens (tertiary/aromatic N) is 1. The lowest BCUT2D eigenvalue weighted by Crippen LogP contribution is -2.14. The number of hydrogen-bond acceptors (Lipinski definition) is 1. The van der Waals surface area contributed by atoms with Gasteiger partial charge in [-0.25, -0.2) is 0 Å². The predicted molar refractivity (Wildman–Crippen MR) is 72.6 cm³/mol. The molecule has 0 spiro atoms. The van der Waals surface area contributed by atoms with Gasteiger partial charge in [-0.1, -0.05) is 44.9 Å². The first-order valence-electron chi connectivity index (χ1n) is 6.49. The van der Waals surface area contributed by atoms with Crippen LogP contribution in [0, 0.1) is 11.8 Å². The van der Waals surface area contributed by atoms with E-state index in [1.54, 1.807) is 16.7 Å². The van der Waals surface area contributed by atoms with Gasteiger partial charge in [0.15, 0.2) is 0 Å². The molecule has 0 aliphatic heterocycles. The van der Waals surface area contributed by atoms with E-state index in [1.807, 2.05) is 0 Å². The molecule has 0 saturated carbocycles. The van der Waals surface area contributed by atoms with Gasteiger partial charge in [0, 0.05) is 6.54 Å². The van der Waals surface area contributed by atoms with Gasteiger partial charge in [0.25, 0.3) is 0 Å². The molecule has 1 aliphatic rings. The molecule has 0 unspecified atom stereocenters. The number of hydrogen-bond donors (Lipinski definition) is 0. The van der Waals surface area contributed by atoms with Crippen LogP contribution in [0.15, 0.2) is 22.8 Å². The van der Waals surface area contributed by atoms with Crippen LogP contribution in [-0.2, 0) is 0 Å². The fourth-order valence-electron chi connectivity index (χ4n) is 2.24. The summed E-state index contributed by atoms with van der Waals surface area (Å²) in [7, 11) is 4.31. The van der Waals surface area contributed by atoms with Gasteiger partial charge in [-0.3, -0.25) is 0 Å². The highest BCUT2D eigenvalue weighted by atomic mass is 15.0. The molecule has 0 saturated heterocycles. The molecule has 0 amide bonds. The van der Waals surface area contributed by atoms with E-state index >= 15 is 0 Å². The summed E-state index contributed by atoms with van der Waals surface area (Å²) in [5.41, 5.74) is 4.90. The molecule has 0 atom stereocenters. The van der Waals surface area contributed by atoms with E-state index in [2.05, 4.69) is 52.8 Å². The van der Waals surface area contributed by atoms with E-state index in [1.165, 1.54) is 19.4 Å². The largest absolute Gasteiger partial charge is 0.309 e. The average molecular weight is 221 g/mol. The predicted octanol–water partition coefficient (Wildman–Crippen LogP) is 3.88. The summed E-state index contributed by atoms with van der Waals surface area (Å²) in [5, 5.41) is 0. The normalized spacial score (nSPS) is 16.9. The number of rotatable bonds is 5. The topological polar surface area (TPSA) is 3.24 Å². The minimum absolute atomic E-state index is 0.674. The van der Waals surface area contributed by atoms with Crippen molar-refractivity contribution in [3.63, 3.8) is 0 Å². The fraction of sp³-hybridized carbons (Fsp3) is 0.733. The molecule has 0 aromatic rings. The lowest BCUT2D eigenvalue weighted by atomic mass is 9.97. The summed E-state index contributed by atoms with van der Waals surface area (Å²) in [6.45, 7) is 10.4. The lowest BCUT2D eigenvalue weighted by Gasteiger charge is -2.14. The zero-order valence-corrected chi connectivity index (χ0v) is 11.8. The molecule has 1 aliphatic carbocycles.